The maximum Gasteiger partial charge on any atom is 0.164 e. The molecule has 5 nitrogen and oxygen atoms in total. The Kier molecular flexibility index (Phi) is 5.17. The molecule has 3 heterocycles. The minimum Gasteiger partial charge on any atom is -0.456 e. The summed E-state index contributed by atoms with van der Waals surface area (Å²) in [5.74, 6) is 0.559. The van der Waals surface area contributed by atoms with Gasteiger partial charge in [-0.3, -0.25) is 0 Å². The molecule has 0 aliphatic carbocycles. The third-order valence-corrected chi connectivity index (χ3v) is 8.80. The van der Waals surface area contributed by atoms with E-state index >= 15 is 0 Å². The molecule has 3 aromatic heterocycles. The smallest absolute Gasteiger partial charge is 0.164 e. The van der Waals surface area contributed by atoms with Crippen molar-refractivity contribution in [2.45, 2.75) is 0 Å². The van der Waals surface area contributed by atoms with Crippen LogP contribution in [0.25, 0.3) is 100 Å². The zero-order valence-electron chi connectivity index (χ0n) is 32.3. The Morgan fingerprint density at radius 3 is 1.78 bits per heavy atom. The highest BCUT2D eigenvalue weighted by Gasteiger charge is 2.16. The van der Waals surface area contributed by atoms with Gasteiger partial charge in [-0.05, 0) is 70.7 Å². The molecule has 0 amide bonds. The van der Waals surface area contributed by atoms with E-state index in [1.165, 1.54) is 0 Å². The predicted molar refractivity (Wildman–Crippen MR) is 202 cm³/mol. The molecule has 50 heavy (non-hydrogen) atoms. The summed E-state index contributed by atoms with van der Waals surface area (Å²) >= 11 is 0. The molecule has 0 spiro atoms. The summed E-state index contributed by atoms with van der Waals surface area (Å²) < 4.78 is 67.7. The van der Waals surface area contributed by atoms with Crippen LogP contribution in [0.1, 0.15) is 8.22 Å². The molecule has 0 unspecified atom stereocenters. The van der Waals surface area contributed by atoms with Gasteiger partial charge in [0.05, 0.1) is 8.22 Å². The average molecular weight is 648 g/mol. The van der Waals surface area contributed by atoms with E-state index < -0.39 is 0 Å². The lowest BCUT2D eigenvalue weighted by Gasteiger charge is -2.08. The van der Waals surface area contributed by atoms with Gasteiger partial charge in [-0.1, -0.05) is 115 Å². The molecule has 5 heteroatoms. The second-order valence-electron chi connectivity index (χ2n) is 11.9. The van der Waals surface area contributed by atoms with Crippen molar-refractivity contribution in [2.75, 3.05) is 0 Å². The number of para-hydroxylation sites is 1. The van der Waals surface area contributed by atoms with Gasteiger partial charge in [0.1, 0.15) is 22.3 Å². The third kappa shape index (κ3) is 4.83. The van der Waals surface area contributed by atoms with Crippen molar-refractivity contribution >= 4 is 43.9 Å². The molecule has 0 fully saturated rings. The van der Waals surface area contributed by atoms with Gasteiger partial charge < -0.3 is 8.83 Å². The quantitative estimate of drug-likeness (QED) is 0.186. The maximum atomic E-state index is 9.42. The fourth-order valence-corrected chi connectivity index (χ4v) is 6.33. The molecule has 0 saturated carbocycles. The minimum atomic E-state index is -0.345. The monoisotopic (exact) mass is 647 g/mol. The van der Waals surface area contributed by atoms with E-state index in [-0.39, 0.29) is 81.0 Å². The van der Waals surface area contributed by atoms with Crippen molar-refractivity contribution in [3.63, 3.8) is 0 Å². The van der Waals surface area contributed by atoms with E-state index in [1.54, 1.807) is 6.07 Å². The lowest BCUT2D eigenvalue weighted by molar-refractivity contribution is 0.668. The van der Waals surface area contributed by atoms with Gasteiger partial charge in [0, 0.05) is 38.2 Å². The van der Waals surface area contributed by atoms with Crippen LogP contribution in [0.4, 0.5) is 0 Å². The van der Waals surface area contributed by atoms with Crippen LogP contribution in [-0.4, -0.2) is 15.0 Å². The molecule has 0 N–H and O–H groups in total. The van der Waals surface area contributed by atoms with Gasteiger partial charge in [-0.25, -0.2) is 15.0 Å². The summed E-state index contributed by atoms with van der Waals surface area (Å²) in [5, 5.41) is 2.06. The van der Waals surface area contributed by atoms with Gasteiger partial charge in [-0.15, -0.1) is 0 Å². The Morgan fingerprint density at radius 1 is 0.340 bits per heavy atom. The van der Waals surface area contributed by atoms with Crippen LogP contribution in [0.5, 0.6) is 0 Å². The van der Waals surface area contributed by atoms with Crippen molar-refractivity contribution in [1.29, 1.82) is 0 Å². The van der Waals surface area contributed by atoms with E-state index in [9.17, 15) is 5.48 Å². The first-order chi connectivity index (χ1) is 27.3. The zero-order valence-corrected chi connectivity index (χ0v) is 26.3. The second kappa shape index (κ2) is 11.4. The van der Waals surface area contributed by atoms with E-state index in [4.69, 9.17) is 26.5 Å². The molecule has 0 radical (unpaired) electrons. The normalized spacial score (nSPS) is 13.3. The molecule has 7 aromatic carbocycles. The largest absolute Gasteiger partial charge is 0.456 e. The van der Waals surface area contributed by atoms with Crippen molar-refractivity contribution < 1.29 is 17.1 Å². The van der Waals surface area contributed by atoms with E-state index in [0.717, 1.165) is 27.5 Å². The Hall–Kier alpha value is -6.85. The molecule has 0 atom stereocenters. The molecule has 0 saturated heterocycles. The van der Waals surface area contributed by atoms with Gasteiger partial charge in [0.2, 0.25) is 0 Å². The Bertz CT molecular complexity index is 3220. The summed E-state index contributed by atoms with van der Waals surface area (Å²) in [5.41, 5.74) is 5.02. The number of fused-ring (bicyclic) bond motifs is 6. The number of aromatic nitrogens is 3. The lowest BCUT2D eigenvalue weighted by atomic mass is 9.98. The van der Waals surface area contributed by atoms with Crippen LogP contribution >= 0.6 is 0 Å². The average Bonchev–Trinajstić information content (AvgIpc) is 3.83. The maximum absolute atomic E-state index is 9.42. The minimum absolute atomic E-state index is 0.0128. The topological polar surface area (TPSA) is 65.0 Å². The predicted octanol–water partition coefficient (Wildman–Crippen LogP) is 12.0. The number of hydrogen-bond donors (Lipinski definition) is 0. The van der Waals surface area contributed by atoms with Crippen molar-refractivity contribution in [2.24, 2.45) is 0 Å². The lowest BCUT2D eigenvalue weighted by Crippen LogP contribution is -2.00. The molecule has 0 aliphatic rings. The van der Waals surface area contributed by atoms with E-state index in [0.29, 0.717) is 28.1 Å². The first-order valence-corrected chi connectivity index (χ1v) is 16.1. The van der Waals surface area contributed by atoms with Crippen molar-refractivity contribution in [3.05, 3.63) is 164 Å². The number of rotatable bonds is 5. The molecule has 10 rings (SSSR count). The van der Waals surface area contributed by atoms with Crippen molar-refractivity contribution in [1.82, 2.24) is 15.0 Å². The van der Waals surface area contributed by atoms with E-state index in [2.05, 4.69) is 0 Å². The number of furan rings is 2. The first-order valence-electron chi connectivity index (χ1n) is 19.1. The van der Waals surface area contributed by atoms with Crippen LogP contribution in [-0.2, 0) is 0 Å². The third-order valence-electron chi connectivity index (χ3n) is 8.80. The highest BCUT2D eigenvalue weighted by atomic mass is 16.3. The summed E-state index contributed by atoms with van der Waals surface area (Å²) in [4.78, 5) is 14.3. The van der Waals surface area contributed by atoms with Crippen LogP contribution in [0, 0.1) is 0 Å². The van der Waals surface area contributed by atoms with Crippen LogP contribution < -0.4 is 0 Å². The molecule has 0 aliphatic heterocycles. The fourth-order valence-electron chi connectivity index (χ4n) is 6.33. The Morgan fingerprint density at radius 2 is 0.960 bits per heavy atom. The highest BCUT2D eigenvalue weighted by Crippen LogP contribution is 2.37. The molecular weight excluding hydrogens is 615 g/mol. The van der Waals surface area contributed by atoms with Crippen molar-refractivity contribution in [3.8, 4) is 56.4 Å². The first kappa shape index (κ1) is 22.7. The fraction of sp³-hybridized carbons (Fsp3) is 0. The van der Waals surface area contributed by atoms with Gasteiger partial charge in [0.25, 0.3) is 0 Å². The Labute approximate surface area is 295 Å². The highest BCUT2D eigenvalue weighted by molar-refractivity contribution is 6.07. The molecular formula is C45H27N3O2. The SMILES string of the molecule is [2H]c1c(-c2cccc(-c3ccccc3)c2)c([2H])c2c(oc3c([2H])c(-c4nc(-c5ccccc5)nc(-c5ccc6c(c5)oc5ccccc56)n4)c([2H])c([2H])c32)c1[2H]. The van der Waals surface area contributed by atoms with Crippen LogP contribution in [0.2, 0.25) is 0 Å². The van der Waals surface area contributed by atoms with Crippen LogP contribution in [0.3, 0.4) is 0 Å². The summed E-state index contributed by atoms with van der Waals surface area (Å²) in [7, 11) is 0. The number of benzene rings is 7. The van der Waals surface area contributed by atoms with Gasteiger partial charge >= 0.3 is 0 Å². The van der Waals surface area contributed by atoms with Gasteiger partial charge in [-0.2, -0.15) is 0 Å². The molecule has 10 aromatic rings. The molecule has 234 valence electrons. The number of nitrogens with zero attached hydrogens (tertiary/aromatic N) is 3. The summed E-state index contributed by atoms with van der Waals surface area (Å²) in [6.45, 7) is 0. The molecule has 0 bridgehead atoms. The Balaban J connectivity index is 1.19. The summed E-state index contributed by atoms with van der Waals surface area (Å²) in [6, 6.07) is 38.4. The van der Waals surface area contributed by atoms with E-state index in [1.807, 2.05) is 121 Å². The number of hydrogen-bond acceptors (Lipinski definition) is 5. The zero-order chi connectivity index (χ0) is 38.2. The summed E-state index contributed by atoms with van der Waals surface area (Å²) in [6.07, 6.45) is 0. The van der Waals surface area contributed by atoms with Crippen LogP contribution in [0.15, 0.2) is 172 Å². The second-order valence-corrected chi connectivity index (χ2v) is 11.9. The standard InChI is InChI=1S/C45H27N3O2/c1-3-10-28(11-4-1)30-14-9-15-31(24-30)32-20-23-40-38(25-32)37-22-19-34(27-42(37)50-40)45-47-43(29-12-5-2-6-13-29)46-44(48-45)33-18-21-36-35-16-7-8-17-39(35)49-41(36)26-33/h1-27H/i19D,20D,22D,23D,25D,27D. The van der Waals surface area contributed by atoms with Gasteiger partial charge in [0.15, 0.2) is 17.5 Å².